The van der Waals surface area contributed by atoms with Gasteiger partial charge in [0.15, 0.2) is 5.69 Å². The standard InChI is InChI=1S/C17H26N4O/c22-17(18-12-11-14-7-3-1-4-8-14)16-13-21(20-19-16)15-9-5-2-6-10-15/h7,13,15H,1-6,8-12H2,(H,18,22). The van der Waals surface area contributed by atoms with Gasteiger partial charge in [-0.1, -0.05) is 36.1 Å². The number of aromatic nitrogens is 3. The molecule has 0 spiro atoms. The summed E-state index contributed by atoms with van der Waals surface area (Å²) in [4.78, 5) is 12.1. The minimum absolute atomic E-state index is 0.0986. The summed E-state index contributed by atoms with van der Waals surface area (Å²) in [6.45, 7) is 0.695. The Morgan fingerprint density at radius 2 is 2.09 bits per heavy atom. The Morgan fingerprint density at radius 1 is 1.23 bits per heavy atom. The van der Waals surface area contributed by atoms with E-state index in [2.05, 4.69) is 21.7 Å². The maximum absolute atomic E-state index is 12.1. The van der Waals surface area contributed by atoms with E-state index in [1.54, 1.807) is 0 Å². The zero-order valence-corrected chi connectivity index (χ0v) is 13.3. The number of amides is 1. The average molecular weight is 302 g/mol. The van der Waals surface area contributed by atoms with E-state index in [1.165, 1.54) is 50.5 Å². The van der Waals surface area contributed by atoms with E-state index in [1.807, 2.05) is 10.9 Å². The van der Waals surface area contributed by atoms with Gasteiger partial charge in [0.05, 0.1) is 12.2 Å². The number of hydrogen-bond acceptors (Lipinski definition) is 3. The molecule has 2 aliphatic carbocycles. The fourth-order valence-electron chi connectivity index (χ4n) is 3.46. The summed E-state index contributed by atoms with van der Waals surface area (Å²) in [5, 5.41) is 11.2. The quantitative estimate of drug-likeness (QED) is 0.848. The molecule has 5 heteroatoms. The highest BCUT2D eigenvalue weighted by Crippen LogP contribution is 2.27. The van der Waals surface area contributed by atoms with Gasteiger partial charge >= 0.3 is 0 Å². The summed E-state index contributed by atoms with van der Waals surface area (Å²) >= 11 is 0. The van der Waals surface area contributed by atoms with Crippen LogP contribution < -0.4 is 5.32 Å². The van der Waals surface area contributed by atoms with Gasteiger partial charge in [0.1, 0.15) is 0 Å². The van der Waals surface area contributed by atoms with Crippen LogP contribution in [0.3, 0.4) is 0 Å². The van der Waals surface area contributed by atoms with Crippen LogP contribution in [0.25, 0.3) is 0 Å². The molecule has 1 amide bonds. The molecule has 1 N–H and O–H groups in total. The molecule has 0 unspecified atom stereocenters. The number of nitrogens with one attached hydrogen (secondary N) is 1. The summed E-state index contributed by atoms with van der Waals surface area (Å²) in [5.41, 5.74) is 1.93. The maximum Gasteiger partial charge on any atom is 0.273 e. The van der Waals surface area contributed by atoms with Gasteiger partial charge in [-0.2, -0.15) is 0 Å². The van der Waals surface area contributed by atoms with Crippen molar-refractivity contribution in [2.24, 2.45) is 0 Å². The normalized spacial score (nSPS) is 19.7. The van der Waals surface area contributed by atoms with Crippen molar-refractivity contribution in [1.82, 2.24) is 20.3 Å². The first-order chi connectivity index (χ1) is 10.8. The molecule has 120 valence electrons. The second kappa shape index (κ2) is 7.56. The van der Waals surface area contributed by atoms with Gasteiger partial charge in [-0.3, -0.25) is 4.79 Å². The zero-order valence-electron chi connectivity index (χ0n) is 13.3. The molecule has 1 saturated carbocycles. The molecule has 0 radical (unpaired) electrons. The first-order valence-electron chi connectivity index (χ1n) is 8.71. The Balaban J connectivity index is 1.47. The third-order valence-corrected chi connectivity index (χ3v) is 4.81. The summed E-state index contributed by atoms with van der Waals surface area (Å²) in [7, 11) is 0. The first kappa shape index (κ1) is 15.3. The third-order valence-electron chi connectivity index (χ3n) is 4.81. The van der Waals surface area contributed by atoms with Crippen LogP contribution in [0.1, 0.15) is 80.7 Å². The number of hydrogen-bond donors (Lipinski definition) is 1. The van der Waals surface area contributed by atoms with Crippen molar-refractivity contribution in [2.45, 2.75) is 70.3 Å². The Labute approximate surface area is 132 Å². The van der Waals surface area contributed by atoms with Crippen molar-refractivity contribution in [2.75, 3.05) is 6.54 Å². The zero-order chi connectivity index (χ0) is 15.2. The molecule has 3 rings (SSSR count). The molecule has 0 saturated heterocycles. The highest BCUT2D eigenvalue weighted by molar-refractivity contribution is 5.91. The monoisotopic (exact) mass is 302 g/mol. The van der Waals surface area contributed by atoms with Crippen LogP contribution in [-0.2, 0) is 0 Å². The van der Waals surface area contributed by atoms with Gasteiger partial charge in [0.25, 0.3) is 5.91 Å². The Hall–Kier alpha value is -1.65. The van der Waals surface area contributed by atoms with Crippen LogP contribution in [-0.4, -0.2) is 27.4 Å². The van der Waals surface area contributed by atoms with Gasteiger partial charge in [-0.05, 0) is 44.9 Å². The van der Waals surface area contributed by atoms with Crippen LogP contribution in [0.15, 0.2) is 17.8 Å². The lowest BCUT2D eigenvalue weighted by Crippen LogP contribution is -2.25. The summed E-state index contributed by atoms with van der Waals surface area (Å²) < 4.78 is 1.89. The number of carbonyl (C=O) groups excluding carboxylic acids is 1. The van der Waals surface area contributed by atoms with Crippen molar-refractivity contribution < 1.29 is 4.79 Å². The molecular weight excluding hydrogens is 276 g/mol. The largest absolute Gasteiger partial charge is 0.350 e. The lowest BCUT2D eigenvalue weighted by molar-refractivity contribution is 0.0949. The van der Waals surface area contributed by atoms with E-state index in [-0.39, 0.29) is 5.91 Å². The predicted molar refractivity (Wildman–Crippen MR) is 85.6 cm³/mol. The molecule has 1 aromatic rings. The van der Waals surface area contributed by atoms with Crippen LogP contribution >= 0.6 is 0 Å². The van der Waals surface area contributed by atoms with Crippen molar-refractivity contribution in [3.63, 3.8) is 0 Å². The molecule has 1 heterocycles. The van der Waals surface area contributed by atoms with Gasteiger partial charge in [0.2, 0.25) is 0 Å². The summed E-state index contributed by atoms with van der Waals surface area (Å²) in [5.74, 6) is -0.0986. The van der Waals surface area contributed by atoms with Gasteiger partial charge in [-0.15, -0.1) is 5.10 Å². The number of rotatable bonds is 5. The number of allylic oxidation sites excluding steroid dienone is 1. The third kappa shape index (κ3) is 3.96. The first-order valence-corrected chi connectivity index (χ1v) is 8.71. The predicted octanol–water partition coefficient (Wildman–Crippen LogP) is 3.40. The molecule has 0 aromatic carbocycles. The van der Waals surface area contributed by atoms with Crippen LogP contribution in [0.2, 0.25) is 0 Å². The summed E-state index contributed by atoms with van der Waals surface area (Å²) in [6.07, 6.45) is 16.2. The van der Waals surface area contributed by atoms with E-state index in [0.29, 0.717) is 18.3 Å². The Kier molecular flexibility index (Phi) is 5.24. The van der Waals surface area contributed by atoms with Crippen LogP contribution in [0, 0.1) is 0 Å². The highest BCUT2D eigenvalue weighted by Gasteiger charge is 2.18. The topological polar surface area (TPSA) is 59.8 Å². The minimum atomic E-state index is -0.0986. The van der Waals surface area contributed by atoms with E-state index in [0.717, 1.165) is 19.3 Å². The molecule has 22 heavy (non-hydrogen) atoms. The molecule has 5 nitrogen and oxygen atoms in total. The average Bonchev–Trinajstić information content (AvgIpc) is 3.07. The molecule has 1 aromatic heterocycles. The fourth-order valence-corrected chi connectivity index (χ4v) is 3.46. The summed E-state index contributed by atoms with van der Waals surface area (Å²) in [6, 6.07) is 0.426. The minimum Gasteiger partial charge on any atom is -0.350 e. The van der Waals surface area contributed by atoms with E-state index >= 15 is 0 Å². The second-order valence-corrected chi connectivity index (χ2v) is 6.49. The lowest BCUT2D eigenvalue weighted by Gasteiger charge is -2.20. The lowest BCUT2D eigenvalue weighted by atomic mass is 9.96. The van der Waals surface area contributed by atoms with Gasteiger partial charge in [-0.25, -0.2) is 4.68 Å². The molecule has 0 bridgehead atoms. The van der Waals surface area contributed by atoms with Crippen molar-refractivity contribution in [3.05, 3.63) is 23.5 Å². The van der Waals surface area contributed by atoms with Crippen molar-refractivity contribution in [1.29, 1.82) is 0 Å². The maximum atomic E-state index is 12.1. The second-order valence-electron chi connectivity index (χ2n) is 6.49. The smallest absolute Gasteiger partial charge is 0.273 e. The SMILES string of the molecule is O=C(NCCC1=CCCCC1)c1cn(C2CCCCC2)nn1. The number of nitrogens with zero attached hydrogens (tertiary/aromatic N) is 3. The molecule has 0 atom stereocenters. The van der Waals surface area contributed by atoms with E-state index in [4.69, 9.17) is 0 Å². The Morgan fingerprint density at radius 3 is 2.86 bits per heavy atom. The van der Waals surface area contributed by atoms with E-state index < -0.39 is 0 Å². The molecular formula is C17H26N4O. The Bertz CT molecular complexity index is 529. The van der Waals surface area contributed by atoms with Crippen molar-refractivity contribution >= 4 is 5.91 Å². The molecule has 0 aliphatic heterocycles. The van der Waals surface area contributed by atoms with Gasteiger partial charge in [0, 0.05) is 6.54 Å². The fraction of sp³-hybridized carbons (Fsp3) is 0.706. The van der Waals surface area contributed by atoms with E-state index in [9.17, 15) is 4.79 Å². The van der Waals surface area contributed by atoms with Gasteiger partial charge < -0.3 is 5.32 Å². The molecule has 1 fully saturated rings. The number of carbonyl (C=O) groups is 1. The molecule has 2 aliphatic rings. The highest BCUT2D eigenvalue weighted by atomic mass is 16.2. The van der Waals surface area contributed by atoms with Crippen LogP contribution in [0.5, 0.6) is 0 Å². The van der Waals surface area contributed by atoms with Crippen molar-refractivity contribution in [3.8, 4) is 0 Å². The van der Waals surface area contributed by atoms with Crippen LogP contribution in [0.4, 0.5) is 0 Å².